The van der Waals surface area contributed by atoms with E-state index in [0.29, 0.717) is 21.1 Å². The Balaban J connectivity index is 1.50. The number of alkyl halides is 3. The molecule has 1 spiro atoms. The van der Waals surface area contributed by atoms with Gasteiger partial charge in [-0.25, -0.2) is 4.79 Å². The van der Waals surface area contributed by atoms with Crippen molar-refractivity contribution >= 4 is 35.1 Å². The van der Waals surface area contributed by atoms with Crippen molar-refractivity contribution in [1.82, 2.24) is 10.2 Å². The van der Waals surface area contributed by atoms with E-state index in [4.69, 9.17) is 4.74 Å². The van der Waals surface area contributed by atoms with Gasteiger partial charge in [0.1, 0.15) is 18.3 Å². The Labute approximate surface area is 196 Å². The summed E-state index contributed by atoms with van der Waals surface area (Å²) in [5.41, 5.74) is -1.24. The van der Waals surface area contributed by atoms with Crippen LogP contribution in [0.15, 0.2) is 48.5 Å². The molecule has 0 saturated carbocycles. The summed E-state index contributed by atoms with van der Waals surface area (Å²) in [7, 11) is 0. The summed E-state index contributed by atoms with van der Waals surface area (Å²) in [4.78, 5) is 52.8. The Kier molecular flexibility index (Phi) is 5.18. The number of carbonyl (C=O) groups is 4. The third-order valence-corrected chi connectivity index (χ3v) is 6.33. The van der Waals surface area contributed by atoms with E-state index in [9.17, 15) is 32.3 Å². The molecule has 2 aromatic rings. The predicted octanol–water partition coefficient (Wildman–Crippen LogP) is 2.52. The fraction of sp³-hybridized carbons (Fsp3) is 0.304. The van der Waals surface area contributed by atoms with Gasteiger partial charge in [-0.2, -0.15) is 13.2 Å². The number of ether oxygens (including phenoxy) is 1. The second-order valence-corrected chi connectivity index (χ2v) is 8.41. The molecule has 3 heterocycles. The largest absolute Gasteiger partial charge is 0.493 e. The summed E-state index contributed by atoms with van der Waals surface area (Å²) >= 11 is 0. The molecule has 0 unspecified atom stereocenters. The molecule has 12 heteroatoms. The molecule has 5 amide bonds. The van der Waals surface area contributed by atoms with Crippen molar-refractivity contribution in [2.24, 2.45) is 0 Å². The van der Waals surface area contributed by atoms with Gasteiger partial charge in [-0.3, -0.25) is 24.2 Å². The Morgan fingerprint density at radius 2 is 1.80 bits per heavy atom. The maximum Gasteiger partial charge on any atom is 0.409 e. The van der Waals surface area contributed by atoms with Crippen molar-refractivity contribution in [2.75, 3.05) is 23.4 Å². The Bertz CT molecular complexity index is 1250. The molecule has 182 valence electrons. The maximum absolute atomic E-state index is 14.0. The van der Waals surface area contributed by atoms with E-state index in [1.165, 1.54) is 24.3 Å². The highest BCUT2D eigenvalue weighted by Gasteiger charge is 2.56. The van der Waals surface area contributed by atoms with Crippen molar-refractivity contribution < 1.29 is 37.1 Å². The molecule has 1 fully saturated rings. The van der Waals surface area contributed by atoms with Crippen LogP contribution in [0.25, 0.3) is 0 Å². The fourth-order valence-electron chi connectivity index (χ4n) is 4.72. The van der Waals surface area contributed by atoms with Gasteiger partial charge in [0.05, 0.1) is 24.4 Å². The zero-order valence-electron chi connectivity index (χ0n) is 18.1. The molecule has 0 bridgehead atoms. The quantitative estimate of drug-likeness (QED) is 0.632. The number of hydrogen-bond donors (Lipinski definition) is 2. The molecule has 35 heavy (non-hydrogen) atoms. The number of anilines is 2. The van der Waals surface area contributed by atoms with Crippen LogP contribution < -0.4 is 20.3 Å². The third kappa shape index (κ3) is 3.65. The molecule has 5 rings (SSSR count). The fourth-order valence-corrected chi connectivity index (χ4v) is 4.72. The van der Waals surface area contributed by atoms with Crippen LogP contribution in [-0.2, 0) is 19.9 Å². The molecular weight excluding hydrogens is 469 g/mol. The lowest BCUT2D eigenvalue weighted by Gasteiger charge is -2.34. The first-order valence-corrected chi connectivity index (χ1v) is 10.8. The molecule has 3 aliphatic rings. The van der Waals surface area contributed by atoms with Gasteiger partial charge >= 0.3 is 12.2 Å². The van der Waals surface area contributed by atoms with E-state index in [-0.39, 0.29) is 24.4 Å². The summed E-state index contributed by atoms with van der Waals surface area (Å²) in [5.74, 6) is -2.43. The van der Waals surface area contributed by atoms with Crippen molar-refractivity contribution in [1.29, 1.82) is 0 Å². The monoisotopic (exact) mass is 488 g/mol. The highest BCUT2D eigenvalue weighted by Crippen LogP contribution is 2.42. The van der Waals surface area contributed by atoms with Gasteiger partial charge in [0, 0.05) is 12.0 Å². The third-order valence-electron chi connectivity index (χ3n) is 6.33. The molecule has 0 aromatic heterocycles. The number of fused-ring (bicyclic) bond motifs is 3. The number of benzene rings is 2. The SMILES string of the molecule is O=C1C[C@H](C(F)(F)F)N(C(=O)CN2C(=O)N[C@@]3(CCOc4ccccc43)C2=O)c2ccccc2N1. The number of halogens is 3. The van der Waals surface area contributed by atoms with Crippen molar-refractivity contribution in [3.8, 4) is 5.75 Å². The lowest BCUT2D eigenvalue weighted by molar-refractivity contribution is -0.158. The number of imide groups is 1. The summed E-state index contributed by atoms with van der Waals surface area (Å²) in [6.45, 7) is -0.821. The van der Waals surface area contributed by atoms with Crippen LogP contribution in [-0.4, -0.2) is 54.0 Å². The summed E-state index contributed by atoms with van der Waals surface area (Å²) in [5, 5.41) is 4.98. The van der Waals surface area contributed by atoms with Crippen molar-refractivity contribution in [2.45, 2.75) is 30.6 Å². The van der Waals surface area contributed by atoms with Crippen LogP contribution in [0.1, 0.15) is 18.4 Å². The van der Waals surface area contributed by atoms with Gasteiger partial charge in [-0.1, -0.05) is 30.3 Å². The Hall–Kier alpha value is -4.09. The first kappa shape index (κ1) is 22.7. The second-order valence-electron chi connectivity index (χ2n) is 8.41. The van der Waals surface area contributed by atoms with Gasteiger partial charge in [0.15, 0.2) is 5.54 Å². The number of amides is 5. The van der Waals surface area contributed by atoms with Gasteiger partial charge in [-0.15, -0.1) is 0 Å². The highest BCUT2D eigenvalue weighted by molar-refractivity contribution is 6.12. The number of carbonyl (C=O) groups excluding carboxylic acids is 4. The molecule has 2 atom stereocenters. The standard InChI is InChI=1S/C23H19F3N4O5/c24-23(25,26)17-11-18(31)27-14-6-2-3-7-15(14)30(17)19(32)12-29-20(33)22(28-21(29)34)9-10-35-16-8-4-1-5-13(16)22/h1-8,17H,9-12H2,(H,27,31)(H,28,34)/t17-,22-/m1/s1. The zero-order valence-corrected chi connectivity index (χ0v) is 18.1. The second kappa shape index (κ2) is 8.00. The molecule has 0 aliphatic carbocycles. The molecule has 2 aromatic carbocycles. The Morgan fingerprint density at radius 1 is 1.09 bits per heavy atom. The minimum Gasteiger partial charge on any atom is -0.493 e. The number of hydrogen-bond acceptors (Lipinski definition) is 5. The average molecular weight is 488 g/mol. The van der Waals surface area contributed by atoms with Gasteiger partial charge < -0.3 is 15.4 Å². The molecule has 3 aliphatic heterocycles. The van der Waals surface area contributed by atoms with Crippen LogP contribution in [0.2, 0.25) is 0 Å². The number of para-hydroxylation sites is 3. The predicted molar refractivity (Wildman–Crippen MR) is 115 cm³/mol. The van der Waals surface area contributed by atoms with Crippen LogP contribution in [0.5, 0.6) is 5.75 Å². The van der Waals surface area contributed by atoms with Crippen LogP contribution in [0, 0.1) is 0 Å². The van der Waals surface area contributed by atoms with Crippen LogP contribution in [0.3, 0.4) is 0 Å². The normalized spacial score (nSPS) is 23.7. The summed E-state index contributed by atoms with van der Waals surface area (Å²) in [6.07, 6.45) is -5.88. The van der Waals surface area contributed by atoms with E-state index < -0.39 is 54.5 Å². The lowest BCUT2D eigenvalue weighted by Crippen LogP contribution is -2.53. The number of nitrogens with zero attached hydrogens (tertiary/aromatic N) is 2. The van der Waals surface area contributed by atoms with E-state index in [1.54, 1.807) is 24.3 Å². The van der Waals surface area contributed by atoms with Crippen molar-refractivity contribution in [3.05, 3.63) is 54.1 Å². The van der Waals surface area contributed by atoms with E-state index in [0.717, 1.165) is 0 Å². The smallest absolute Gasteiger partial charge is 0.409 e. The lowest BCUT2D eigenvalue weighted by atomic mass is 9.84. The van der Waals surface area contributed by atoms with Crippen LogP contribution >= 0.6 is 0 Å². The van der Waals surface area contributed by atoms with Gasteiger partial charge in [-0.05, 0) is 18.2 Å². The molecule has 1 saturated heterocycles. The number of nitrogens with one attached hydrogen (secondary N) is 2. The molecular formula is C23H19F3N4O5. The minimum absolute atomic E-state index is 0.0182. The van der Waals surface area contributed by atoms with E-state index in [2.05, 4.69) is 10.6 Å². The zero-order chi connectivity index (χ0) is 25.0. The maximum atomic E-state index is 14.0. The minimum atomic E-state index is -4.94. The molecule has 9 nitrogen and oxygen atoms in total. The number of rotatable bonds is 2. The van der Waals surface area contributed by atoms with Crippen molar-refractivity contribution in [3.63, 3.8) is 0 Å². The number of urea groups is 1. The first-order valence-electron chi connectivity index (χ1n) is 10.8. The summed E-state index contributed by atoms with van der Waals surface area (Å²) in [6, 6.07) is 8.78. The molecule has 0 radical (unpaired) electrons. The van der Waals surface area contributed by atoms with Gasteiger partial charge in [0.2, 0.25) is 11.8 Å². The topological polar surface area (TPSA) is 108 Å². The van der Waals surface area contributed by atoms with E-state index >= 15 is 0 Å². The first-order chi connectivity index (χ1) is 16.6. The Morgan fingerprint density at radius 3 is 2.57 bits per heavy atom. The van der Waals surface area contributed by atoms with E-state index in [1.807, 2.05) is 0 Å². The average Bonchev–Trinajstić information content (AvgIpc) is 2.94. The molecule has 2 N–H and O–H groups in total. The highest BCUT2D eigenvalue weighted by atomic mass is 19.4. The van der Waals surface area contributed by atoms with Gasteiger partial charge in [0.25, 0.3) is 5.91 Å². The van der Waals surface area contributed by atoms with Crippen LogP contribution in [0.4, 0.5) is 29.3 Å². The summed E-state index contributed by atoms with van der Waals surface area (Å²) < 4.78 is 47.5.